The van der Waals surface area contributed by atoms with Crippen molar-refractivity contribution in [1.29, 1.82) is 0 Å². The Morgan fingerprint density at radius 2 is 1.89 bits per heavy atom. The molecule has 0 aromatic heterocycles. The lowest BCUT2D eigenvalue weighted by Gasteiger charge is -2.30. The first-order chi connectivity index (χ1) is 12.8. The Hall–Kier alpha value is -1.67. The lowest BCUT2D eigenvalue weighted by Crippen LogP contribution is -2.38. The van der Waals surface area contributed by atoms with E-state index < -0.39 is 15.8 Å². The first kappa shape index (κ1) is 21.6. The molecule has 1 unspecified atom stereocenters. The first-order valence-corrected chi connectivity index (χ1v) is 10.5. The van der Waals surface area contributed by atoms with Gasteiger partial charge in [0, 0.05) is 12.6 Å². The van der Waals surface area contributed by atoms with E-state index in [0.29, 0.717) is 5.75 Å². The van der Waals surface area contributed by atoms with Crippen molar-refractivity contribution < 1.29 is 17.5 Å². The van der Waals surface area contributed by atoms with Crippen molar-refractivity contribution in [3.05, 3.63) is 58.9 Å². The van der Waals surface area contributed by atoms with E-state index in [0.717, 1.165) is 30.8 Å². The van der Waals surface area contributed by atoms with Crippen LogP contribution in [0.3, 0.4) is 0 Å². The highest BCUT2D eigenvalue weighted by molar-refractivity contribution is 7.89. The van der Waals surface area contributed by atoms with Gasteiger partial charge in [-0.25, -0.2) is 17.5 Å². The van der Waals surface area contributed by atoms with Crippen LogP contribution in [-0.2, 0) is 10.0 Å². The largest absolute Gasteiger partial charge is 0.497 e. The molecule has 0 aliphatic rings. The molecule has 148 valence electrons. The van der Waals surface area contributed by atoms with Gasteiger partial charge < -0.3 is 4.74 Å². The van der Waals surface area contributed by atoms with Gasteiger partial charge in [0.25, 0.3) is 0 Å². The molecule has 0 fully saturated rings. The van der Waals surface area contributed by atoms with Crippen molar-refractivity contribution in [2.24, 2.45) is 0 Å². The van der Waals surface area contributed by atoms with Crippen molar-refractivity contribution in [3.63, 3.8) is 0 Å². The zero-order valence-electron chi connectivity index (χ0n) is 15.6. The van der Waals surface area contributed by atoms with E-state index >= 15 is 0 Å². The standard InChI is InChI=1S/C19H24ClFN2O3S/c1-4-23(5-2)18(14-7-6-8-16(11-14)26-3)13-22-27(24,25)19-12-15(21)9-10-17(19)20/h6-12,18,22H,4-5,13H2,1-3H3. The summed E-state index contributed by atoms with van der Waals surface area (Å²) in [4.78, 5) is 1.86. The number of nitrogens with zero attached hydrogens (tertiary/aromatic N) is 1. The number of methoxy groups -OCH3 is 1. The smallest absolute Gasteiger partial charge is 0.242 e. The third kappa shape index (κ3) is 5.42. The van der Waals surface area contributed by atoms with E-state index in [1.807, 2.05) is 38.1 Å². The van der Waals surface area contributed by atoms with Gasteiger partial charge in [0.1, 0.15) is 16.5 Å². The van der Waals surface area contributed by atoms with Crippen LogP contribution in [0, 0.1) is 5.82 Å². The van der Waals surface area contributed by atoms with Gasteiger partial charge in [-0.2, -0.15) is 0 Å². The topological polar surface area (TPSA) is 58.6 Å². The highest BCUT2D eigenvalue weighted by Gasteiger charge is 2.24. The SMILES string of the molecule is CCN(CC)C(CNS(=O)(=O)c1cc(F)ccc1Cl)c1cccc(OC)c1. The summed E-state index contributed by atoms with van der Waals surface area (Å²) in [7, 11) is -2.38. The minimum Gasteiger partial charge on any atom is -0.497 e. The van der Waals surface area contributed by atoms with Gasteiger partial charge in [-0.15, -0.1) is 0 Å². The summed E-state index contributed by atoms with van der Waals surface area (Å²) < 4.78 is 46.7. The second-order valence-corrected chi connectivity index (χ2v) is 8.08. The van der Waals surface area contributed by atoms with E-state index in [1.165, 1.54) is 6.07 Å². The molecule has 0 aliphatic heterocycles. The van der Waals surface area contributed by atoms with E-state index in [1.54, 1.807) is 7.11 Å². The van der Waals surface area contributed by atoms with Crippen LogP contribution < -0.4 is 9.46 Å². The van der Waals surface area contributed by atoms with Crippen molar-refractivity contribution in [2.45, 2.75) is 24.8 Å². The predicted octanol–water partition coefficient (Wildman–Crippen LogP) is 3.85. The number of hydrogen-bond donors (Lipinski definition) is 1. The number of hydrogen-bond acceptors (Lipinski definition) is 4. The minimum atomic E-state index is -3.96. The maximum Gasteiger partial charge on any atom is 0.242 e. The fourth-order valence-electron chi connectivity index (χ4n) is 2.92. The molecule has 0 heterocycles. The van der Waals surface area contributed by atoms with Crippen LogP contribution in [0.15, 0.2) is 47.4 Å². The maximum atomic E-state index is 13.5. The summed E-state index contributed by atoms with van der Waals surface area (Å²) >= 11 is 5.96. The third-order valence-electron chi connectivity index (χ3n) is 4.38. The number of sulfonamides is 1. The molecule has 0 aliphatic carbocycles. The zero-order valence-corrected chi connectivity index (χ0v) is 17.1. The number of ether oxygens (including phenoxy) is 1. The van der Waals surface area contributed by atoms with Crippen LogP contribution in [0.4, 0.5) is 4.39 Å². The van der Waals surface area contributed by atoms with Crippen molar-refractivity contribution in [3.8, 4) is 5.75 Å². The molecular weight excluding hydrogens is 391 g/mol. The number of nitrogens with one attached hydrogen (secondary N) is 1. The lowest BCUT2D eigenvalue weighted by molar-refractivity contribution is 0.219. The Labute approximate surface area is 165 Å². The van der Waals surface area contributed by atoms with Crippen LogP contribution in [0.5, 0.6) is 5.75 Å². The molecule has 0 bridgehead atoms. The monoisotopic (exact) mass is 414 g/mol. The maximum absolute atomic E-state index is 13.5. The Morgan fingerprint density at radius 1 is 1.19 bits per heavy atom. The van der Waals surface area contributed by atoms with Gasteiger partial charge in [-0.1, -0.05) is 37.6 Å². The van der Waals surface area contributed by atoms with E-state index in [2.05, 4.69) is 9.62 Å². The summed E-state index contributed by atoms with van der Waals surface area (Å²) in [6.07, 6.45) is 0. The van der Waals surface area contributed by atoms with Gasteiger partial charge in [-0.3, -0.25) is 4.90 Å². The van der Waals surface area contributed by atoms with Crippen LogP contribution in [0.25, 0.3) is 0 Å². The van der Waals surface area contributed by atoms with Crippen molar-refractivity contribution >= 4 is 21.6 Å². The molecule has 0 spiro atoms. The predicted molar refractivity (Wildman–Crippen MR) is 105 cm³/mol. The summed E-state index contributed by atoms with van der Waals surface area (Å²) in [5, 5.41) is -0.0235. The van der Waals surface area contributed by atoms with Crippen LogP contribution in [0.2, 0.25) is 5.02 Å². The Balaban J connectivity index is 2.31. The van der Waals surface area contributed by atoms with Gasteiger partial charge in [0.2, 0.25) is 10.0 Å². The molecule has 0 saturated carbocycles. The zero-order chi connectivity index (χ0) is 20.0. The van der Waals surface area contributed by atoms with Crippen molar-refractivity contribution in [1.82, 2.24) is 9.62 Å². The number of likely N-dealkylation sites (N-methyl/N-ethyl adjacent to an activating group) is 1. The number of benzene rings is 2. The van der Waals surface area contributed by atoms with Gasteiger partial charge in [0.15, 0.2) is 0 Å². The first-order valence-electron chi connectivity index (χ1n) is 8.65. The molecule has 2 aromatic rings. The molecular formula is C19H24ClFN2O3S. The van der Waals surface area contributed by atoms with E-state index in [-0.39, 0.29) is 22.5 Å². The fraction of sp³-hybridized carbons (Fsp3) is 0.368. The Bertz CT molecular complexity index is 873. The molecule has 27 heavy (non-hydrogen) atoms. The lowest BCUT2D eigenvalue weighted by atomic mass is 10.0. The molecule has 5 nitrogen and oxygen atoms in total. The van der Waals surface area contributed by atoms with Gasteiger partial charge in [0.05, 0.1) is 12.1 Å². The molecule has 0 amide bonds. The molecule has 2 rings (SSSR count). The van der Waals surface area contributed by atoms with Gasteiger partial charge >= 0.3 is 0 Å². The van der Waals surface area contributed by atoms with Gasteiger partial charge in [-0.05, 0) is 49.0 Å². The Morgan fingerprint density at radius 3 is 2.52 bits per heavy atom. The second kappa shape index (κ2) is 9.50. The number of rotatable bonds is 9. The summed E-state index contributed by atoms with van der Waals surface area (Å²) in [5.41, 5.74) is 0.922. The normalized spacial score (nSPS) is 13.0. The molecule has 0 saturated heterocycles. The van der Waals surface area contributed by atoms with E-state index in [9.17, 15) is 12.8 Å². The average Bonchev–Trinajstić information content (AvgIpc) is 2.67. The van der Waals surface area contributed by atoms with Crippen LogP contribution in [-0.4, -0.2) is 40.1 Å². The quantitative estimate of drug-likeness (QED) is 0.677. The molecule has 0 radical (unpaired) electrons. The van der Waals surface area contributed by atoms with Crippen molar-refractivity contribution in [2.75, 3.05) is 26.7 Å². The average molecular weight is 415 g/mol. The molecule has 2 aromatic carbocycles. The summed E-state index contributed by atoms with van der Waals surface area (Å²) in [6.45, 7) is 5.61. The minimum absolute atomic E-state index is 0.0235. The third-order valence-corrected chi connectivity index (χ3v) is 6.29. The highest BCUT2D eigenvalue weighted by atomic mass is 35.5. The Kier molecular flexibility index (Phi) is 7.61. The molecule has 8 heteroatoms. The molecule has 1 atom stereocenters. The fourth-order valence-corrected chi connectivity index (χ4v) is 4.47. The summed E-state index contributed by atoms with van der Waals surface area (Å²) in [6, 6.07) is 10.6. The van der Waals surface area contributed by atoms with Crippen LogP contribution >= 0.6 is 11.6 Å². The number of halogens is 2. The van der Waals surface area contributed by atoms with E-state index in [4.69, 9.17) is 16.3 Å². The highest BCUT2D eigenvalue weighted by Crippen LogP contribution is 2.26. The second-order valence-electron chi connectivity index (χ2n) is 5.94. The van der Waals surface area contributed by atoms with Crippen LogP contribution in [0.1, 0.15) is 25.5 Å². The summed E-state index contributed by atoms with van der Waals surface area (Å²) in [5.74, 6) is 0.0357. The molecule has 1 N–H and O–H groups in total.